The lowest BCUT2D eigenvalue weighted by Crippen LogP contribution is -2.65. The highest BCUT2D eigenvalue weighted by molar-refractivity contribution is 6.32. The summed E-state index contributed by atoms with van der Waals surface area (Å²) in [6.45, 7) is 4.65. The van der Waals surface area contributed by atoms with Crippen LogP contribution in [0.4, 0.5) is 0 Å². The van der Waals surface area contributed by atoms with Gasteiger partial charge >= 0.3 is 0 Å². The third kappa shape index (κ3) is 25.9. The van der Waals surface area contributed by atoms with Crippen LogP contribution >= 0.6 is 23.2 Å². The highest BCUT2D eigenvalue weighted by atomic mass is 35.5. The van der Waals surface area contributed by atoms with E-state index in [1.807, 2.05) is 0 Å². The fourth-order valence-corrected chi connectivity index (χ4v) is 18.5. The number of ether oxygens (including phenoxy) is 9. The molecule has 9 aliphatic heterocycles. The van der Waals surface area contributed by atoms with Crippen molar-refractivity contribution in [2.24, 2.45) is 17.4 Å². The fourth-order valence-electron chi connectivity index (χ4n) is 18.0. The molecule has 0 aromatic heterocycles. The van der Waals surface area contributed by atoms with Crippen molar-refractivity contribution in [3.8, 4) is 80.1 Å². The van der Waals surface area contributed by atoms with Crippen LogP contribution in [0.2, 0.25) is 10.0 Å². The average Bonchev–Trinajstić information content (AvgIpc) is 0.746. The quantitative estimate of drug-likeness (QED) is 0.0267. The Hall–Kier alpha value is -12.2. The van der Waals surface area contributed by atoms with Gasteiger partial charge < -0.3 is 184 Å². The number of nitrogens with one attached hydrogen (secondary N) is 11. The van der Waals surface area contributed by atoms with E-state index >= 15 is 28.8 Å². The van der Waals surface area contributed by atoms with E-state index in [1.165, 1.54) is 36.4 Å². The summed E-state index contributed by atoms with van der Waals surface area (Å²) in [5.74, 6) is -17.6. The molecule has 784 valence electrons. The fraction of sp³-hybridized carbons (Fsp3) is 0.480. The van der Waals surface area contributed by atoms with E-state index in [-0.39, 0.29) is 63.9 Å². The first-order valence-electron chi connectivity index (χ1n) is 47.7. The van der Waals surface area contributed by atoms with Gasteiger partial charge in [-0.15, -0.1) is 0 Å². The number of rotatable bonds is 31. The molecule has 29 N–H and O–H groups in total. The highest BCUT2D eigenvalue weighted by Crippen LogP contribution is 2.51. The molecule has 7 aromatic carbocycles. The molecule has 3 fully saturated rings. The molecule has 16 rings (SSSR count). The number of nitrogens with two attached hydrogens (primary N) is 2. The second kappa shape index (κ2) is 48.9. The molecule has 0 radical (unpaired) electrons. The minimum atomic E-state index is -2.53. The van der Waals surface area contributed by atoms with Crippen molar-refractivity contribution in [1.82, 2.24) is 58.5 Å². The van der Waals surface area contributed by atoms with Crippen LogP contribution in [0.1, 0.15) is 160 Å². The number of aliphatic hydroxyl groups is 10. The number of aliphatic hydroxyl groups excluding tert-OH is 10. The molecule has 45 nitrogen and oxygen atoms in total. The van der Waals surface area contributed by atoms with Gasteiger partial charge in [0.05, 0.1) is 29.9 Å². The van der Waals surface area contributed by atoms with Crippen molar-refractivity contribution in [1.29, 1.82) is 0 Å². The zero-order valence-electron chi connectivity index (χ0n) is 79.0. The van der Waals surface area contributed by atoms with Gasteiger partial charge in [-0.1, -0.05) is 87.0 Å². The standard InChI is InChI=1S/C98H121Cl2N13O32/c1-43(2)12-6-4-5-7-13-70(122)108-78-84(127)81(124)68(41-115)142-97(78)145-88-65-35-50-36-66(88)139-62-21-17-48(33-57(62)100)87(144-96-77(106-44(3)117)83(126)80(123)67(40-114)141-96)79-95(136)112-76(91(132)105-27-11-26-104-24-9-8-23-103-25-10-22-101)55-38-52(119)39-64(140-98-86(129)85(128)82(125)69(42-116)143-98)71(55)54-32-47(16-18-59(54)120)73(92(133)113-79)110-94(135)75(50)111-93(134)74-49-30-51(118)37-53(31-49)137-63-34-46(15-19-60(63)121)72(102)90(131)107-58(89(130)109-74)29-45-14-20-61(138-65)56(99)28-45/h14-21,28,30-39,43,58,67-69,72-87,96-98,103-104,114-116,118-121,123-129H,4-13,22-27,29,40-42,101-102H2,1-3H3,(H,105,132)(H,106,117)(H,107,131)(H,108,122)(H,109,130)(H,110,135)(H,111,134)(H,112,136)(H,113,133)/t58-,67+,68+,69-,72-,73-,74+,75-,76+,77+,78+,79+,80-,81-,82-,83-,84-,85-,86+,87-,96+,97+,98+/m1/s1. The first-order valence-corrected chi connectivity index (χ1v) is 48.4. The highest BCUT2D eigenvalue weighted by Gasteiger charge is 2.53. The minimum Gasteiger partial charge on any atom is -0.508 e. The van der Waals surface area contributed by atoms with Crippen LogP contribution in [0, 0.1) is 5.92 Å². The van der Waals surface area contributed by atoms with Crippen LogP contribution < -0.4 is 93.6 Å². The van der Waals surface area contributed by atoms with Crippen molar-refractivity contribution in [3.63, 3.8) is 0 Å². The molecule has 17 bridgehead atoms. The lowest BCUT2D eigenvalue weighted by atomic mass is 9.89. The van der Waals surface area contributed by atoms with Crippen LogP contribution in [0.25, 0.3) is 11.1 Å². The summed E-state index contributed by atoms with van der Waals surface area (Å²) < 4.78 is 58.5. The SMILES string of the molecule is CC(=O)N[C@@H]1[C@H](O[C@@H]2c3ccc(c(Cl)c3)Oc3cc4cc(c3O[C@@H]3O[C@@H](CO)[C@@H](O)[C@H](O)[C@@H]3NC(=O)CCCCCCC(C)C)Oc3ccc(cc3Cl)C[C@H]3NC(=O)[C@H](N)c5ccc(O)c(c5)Oc5cc(O)cc(c5)[C@H](NC3=O)C(=O)N[C@H]4C(=O)N[C@H]3C(=O)N[C@@H]2C(=O)N[C@H](C(=O)NCCCNCCCCNCCCN)c2cc(O)cc(O[C@H]4O[C@H](CO)[C@@H](O)[C@@H](O)[C@@H]4O)c2-c2cc3ccc2O)O[C@@H](CO)[C@@H](O)[C@@H]1O. The zero-order valence-corrected chi connectivity index (χ0v) is 80.5. The van der Waals surface area contributed by atoms with Gasteiger partial charge in [-0.05, 0) is 189 Å². The van der Waals surface area contributed by atoms with E-state index in [4.69, 9.17) is 77.3 Å². The number of halogens is 2. The minimum absolute atomic E-state index is 0.0321. The largest absolute Gasteiger partial charge is 0.508 e. The summed E-state index contributed by atoms with van der Waals surface area (Å²) in [5.41, 5.74) is 9.08. The number of carbonyl (C=O) groups excluding carboxylic acids is 9. The van der Waals surface area contributed by atoms with Gasteiger partial charge in [0.25, 0.3) is 0 Å². The summed E-state index contributed by atoms with van der Waals surface area (Å²) in [7, 11) is 0. The second-order valence-electron chi connectivity index (χ2n) is 36.8. The first-order chi connectivity index (χ1) is 69.4. The molecule has 0 unspecified atom stereocenters. The predicted octanol–water partition coefficient (Wildman–Crippen LogP) is 0.749. The summed E-state index contributed by atoms with van der Waals surface area (Å²) in [4.78, 5) is 142. The number of hydrogen-bond donors (Lipinski definition) is 27. The first kappa shape index (κ1) is 109. The van der Waals surface area contributed by atoms with Crippen molar-refractivity contribution in [3.05, 3.63) is 164 Å². The molecular formula is C98H121Cl2N13O32. The van der Waals surface area contributed by atoms with Gasteiger partial charge in [0.15, 0.2) is 29.3 Å². The Balaban J connectivity index is 1.02. The van der Waals surface area contributed by atoms with Crippen molar-refractivity contribution in [2.75, 3.05) is 59.1 Å². The molecule has 47 heteroatoms. The molecule has 9 heterocycles. The van der Waals surface area contributed by atoms with Crippen LogP contribution in [0.15, 0.2) is 115 Å². The van der Waals surface area contributed by atoms with Crippen molar-refractivity contribution < 1.29 is 157 Å². The maximum atomic E-state index is 17.3. The summed E-state index contributed by atoms with van der Waals surface area (Å²) in [6.07, 6.45) is -23.2. The third-order valence-electron chi connectivity index (χ3n) is 25.7. The molecule has 7 aromatic rings. The van der Waals surface area contributed by atoms with Gasteiger partial charge in [-0.3, -0.25) is 43.2 Å². The number of aromatic hydroxyl groups is 4. The van der Waals surface area contributed by atoms with Crippen molar-refractivity contribution >= 4 is 76.4 Å². The van der Waals surface area contributed by atoms with Crippen LogP contribution in [-0.2, 0) is 68.5 Å². The van der Waals surface area contributed by atoms with Gasteiger partial charge in [-0.2, -0.15) is 0 Å². The van der Waals surface area contributed by atoms with E-state index in [1.54, 1.807) is 0 Å². The van der Waals surface area contributed by atoms with Crippen molar-refractivity contribution in [2.45, 2.75) is 232 Å². The van der Waals surface area contributed by atoms with Gasteiger partial charge in [-0.25, -0.2) is 0 Å². The van der Waals surface area contributed by atoms with Gasteiger partial charge in [0, 0.05) is 49.6 Å². The van der Waals surface area contributed by atoms with Gasteiger partial charge in [0.2, 0.25) is 71.5 Å². The summed E-state index contributed by atoms with van der Waals surface area (Å²) >= 11 is 14.9. The second-order valence-corrected chi connectivity index (χ2v) is 37.7. The number of benzene rings is 7. The maximum Gasteiger partial charge on any atom is 0.248 e. The Labute approximate surface area is 840 Å². The number of hydrogen-bond acceptors (Lipinski definition) is 36. The Bertz CT molecular complexity index is 5840. The maximum absolute atomic E-state index is 17.3. The number of phenolic OH excluding ortho intramolecular Hbond substituents is 4. The molecule has 9 amide bonds. The van der Waals surface area contributed by atoms with E-state index < -0.39 is 304 Å². The number of phenols is 4. The average molecular weight is 2060 g/mol. The monoisotopic (exact) mass is 2060 g/mol. The Morgan fingerprint density at radius 2 is 1.04 bits per heavy atom. The van der Waals surface area contributed by atoms with E-state index in [9.17, 15) is 85.9 Å². The molecule has 9 aliphatic rings. The third-order valence-corrected chi connectivity index (χ3v) is 26.3. The van der Waals surface area contributed by atoms with Crippen LogP contribution in [0.3, 0.4) is 0 Å². The molecule has 145 heavy (non-hydrogen) atoms. The number of amides is 9. The number of unbranched alkanes of at least 4 members (excludes halogenated alkanes) is 4. The van der Waals surface area contributed by atoms with E-state index in [2.05, 4.69) is 72.3 Å². The molecule has 0 saturated carbocycles. The lowest BCUT2D eigenvalue weighted by Gasteiger charge is -2.44. The number of carbonyl (C=O) groups is 9. The molecular weight excluding hydrogens is 1940 g/mol. The Morgan fingerprint density at radius 1 is 0.483 bits per heavy atom. The lowest BCUT2D eigenvalue weighted by molar-refractivity contribution is -0.284. The van der Waals surface area contributed by atoms with Crippen LogP contribution in [-0.4, -0.2) is 288 Å². The predicted molar refractivity (Wildman–Crippen MR) is 512 cm³/mol. The molecule has 23 atom stereocenters. The molecule has 3 saturated heterocycles. The topological polar surface area (TPSA) is 704 Å². The van der Waals surface area contributed by atoms with E-state index in [0.29, 0.717) is 44.9 Å². The van der Waals surface area contributed by atoms with Gasteiger partial charge in [0.1, 0.15) is 162 Å². The molecule has 0 aliphatic carbocycles. The summed E-state index contributed by atoms with van der Waals surface area (Å²) in [5, 5.41) is 192. The normalized spacial score (nSPS) is 27.4. The van der Waals surface area contributed by atoms with E-state index in [0.717, 1.165) is 131 Å². The summed E-state index contributed by atoms with van der Waals surface area (Å²) in [6, 6.07) is 1.93. The Kier molecular flexibility index (Phi) is 36.6. The Morgan fingerprint density at radius 3 is 1.68 bits per heavy atom. The smallest absolute Gasteiger partial charge is 0.248 e. The molecule has 0 spiro atoms. The number of fused-ring (bicyclic) bond motifs is 14. The zero-order chi connectivity index (χ0) is 104. The van der Waals surface area contributed by atoms with Crippen LogP contribution in [0.5, 0.6) is 69.0 Å².